The third-order valence-electron chi connectivity index (χ3n) is 2.65. The van der Waals surface area contributed by atoms with E-state index in [9.17, 15) is 0 Å². The van der Waals surface area contributed by atoms with Gasteiger partial charge in [-0.2, -0.15) is 0 Å². The first-order valence-electron chi connectivity index (χ1n) is 3.89. The second-order valence-electron chi connectivity index (χ2n) is 3.32. The van der Waals surface area contributed by atoms with Crippen molar-refractivity contribution in [3.63, 3.8) is 0 Å². The average Bonchev–Trinajstić information content (AvgIpc) is 1.83. The molecule has 0 aliphatic heterocycles. The Bertz CT molecular complexity index is 113. The molecule has 0 heteroatoms. The first-order chi connectivity index (χ1) is 4.22. The summed E-state index contributed by atoms with van der Waals surface area (Å²) in [5, 5.41) is 0. The Morgan fingerprint density at radius 3 is 2.56 bits per heavy atom. The van der Waals surface area contributed by atoms with Gasteiger partial charge in [-0.1, -0.05) is 26.0 Å². The van der Waals surface area contributed by atoms with Crippen molar-refractivity contribution in [1.82, 2.24) is 0 Å². The first kappa shape index (κ1) is 6.85. The minimum absolute atomic E-state index is 0.777. The summed E-state index contributed by atoms with van der Waals surface area (Å²) >= 11 is 0. The fourth-order valence-corrected chi connectivity index (χ4v) is 1.53. The predicted molar refractivity (Wildman–Crippen MR) is 41.3 cm³/mol. The van der Waals surface area contributed by atoms with E-state index in [4.69, 9.17) is 0 Å². The lowest BCUT2D eigenvalue weighted by atomic mass is 9.79. The molecule has 0 N–H and O–H groups in total. The van der Waals surface area contributed by atoms with Crippen LogP contribution >= 0.6 is 0 Å². The molecule has 0 amide bonds. The van der Waals surface area contributed by atoms with E-state index in [1.165, 1.54) is 24.8 Å². The lowest BCUT2D eigenvalue weighted by Gasteiger charge is -2.27. The van der Waals surface area contributed by atoms with Crippen molar-refractivity contribution in [3.05, 3.63) is 12.2 Å². The summed E-state index contributed by atoms with van der Waals surface area (Å²) in [4.78, 5) is 0. The summed E-state index contributed by atoms with van der Waals surface area (Å²) in [6.07, 6.45) is 4.04. The van der Waals surface area contributed by atoms with E-state index in [0.717, 1.165) is 11.8 Å². The van der Waals surface area contributed by atoms with Crippen molar-refractivity contribution < 1.29 is 0 Å². The molecule has 9 heavy (non-hydrogen) atoms. The van der Waals surface area contributed by atoms with Crippen LogP contribution in [0.4, 0.5) is 0 Å². The maximum atomic E-state index is 4.05. The number of hydrogen-bond acceptors (Lipinski definition) is 0. The Labute approximate surface area is 58.0 Å². The minimum atomic E-state index is 0.777. The molecule has 1 rings (SSSR count). The van der Waals surface area contributed by atoms with Crippen molar-refractivity contribution >= 4 is 0 Å². The van der Waals surface area contributed by atoms with E-state index < -0.39 is 0 Å². The van der Waals surface area contributed by atoms with Crippen LogP contribution in [-0.2, 0) is 0 Å². The largest absolute Gasteiger partial charge is 0.0996 e. The molecule has 1 saturated carbocycles. The molecule has 1 aliphatic rings. The summed E-state index contributed by atoms with van der Waals surface area (Å²) < 4.78 is 0. The predicted octanol–water partition coefficient (Wildman–Crippen LogP) is 3.00. The second kappa shape index (κ2) is 2.55. The van der Waals surface area contributed by atoms with Crippen molar-refractivity contribution in [1.29, 1.82) is 0 Å². The van der Waals surface area contributed by atoms with E-state index in [-0.39, 0.29) is 0 Å². The highest BCUT2D eigenvalue weighted by Crippen LogP contribution is 2.32. The monoisotopic (exact) mass is 124 g/mol. The number of allylic oxidation sites excluding steroid dienone is 1. The highest BCUT2D eigenvalue weighted by atomic mass is 14.2. The lowest BCUT2D eigenvalue weighted by Crippen LogP contribution is -2.15. The highest BCUT2D eigenvalue weighted by molar-refractivity contribution is 5.03. The van der Waals surface area contributed by atoms with Crippen LogP contribution in [0.1, 0.15) is 33.1 Å². The molecule has 0 heterocycles. The maximum absolute atomic E-state index is 4.05. The van der Waals surface area contributed by atoms with Crippen molar-refractivity contribution in [3.8, 4) is 0 Å². The third-order valence-corrected chi connectivity index (χ3v) is 2.65. The van der Waals surface area contributed by atoms with Gasteiger partial charge in [0.2, 0.25) is 0 Å². The SMILES string of the molecule is C=C1CCC[C@H](C)C1C. The van der Waals surface area contributed by atoms with E-state index in [0.29, 0.717) is 0 Å². The van der Waals surface area contributed by atoms with Gasteiger partial charge in [0, 0.05) is 0 Å². The summed E-state index contributed by atoms with van der Waals surface area (Å²) in [5.41, 5.74) is 1.47. The smallest absolute Gasteiger partial charge is 0.0209 e. The Morgan fingerprint density at radius 2 is 2.11 bits per heavy atom. The van der Waals surface area contributed by atoms with Gasteiger partial charge in [-0.05, 0) is 31.1 Å². The van der Waals surface area contributed by atoms with Crippen LogP contribution in [-0.4, -0.2) is 0 Å². The van der Waals surface area contributed by atoms with E-state index in [1.807, 2.05) is 0 Å². The summed E-state index contributed by atoms with van der Waals surface area (Å²) in [6, 6.07) is 0. The zero-order valence-corrected chi connectivity index (χ0v) is 6.48. The molecule has 0 nitrogen and oxygen atoms in total. The summed E-state index contributed by atoms with van der Waals surface area (Å²) in [6.45, 7) is 8.67. The van der Waals surface area contributed by atoms with Gasteiger partial charge in [0.1, 0.15) is 0 Å². The summed E-state index contributed by atoms with van der Waals surface area (Å²) in [7, 11) is 0. The summed E-state index contributed by atoms with van der Waals surface area (Å²) in [5.74, 6) is 1.66. The first-order valence-corrected chi connectivity index (χ1v) is 3.89. The fourth-order valence-electron chi connectivity index (χ4n) is 1.53. The molecule has 2 atom stereocenters. The quantitative estimate of drug-likeness (QED) is 0.435. The Balaban J connectivity index is 2.51. The second-order valence-corrected chi connectivity index (χ2v) is 3.32. The molecule has 1 unspecified atom stereocenters. The van der Waals surface area contributed by atoms with Crippen LogP contribution in [0.5, 0.6) is 0 Å². The molecule has 0 spiro atoms. The van der Waals surface area contributed by atoms with E-state index in [2.05, 4.69) is 20.4 Å². The van der Waals surface area contributed by atoms with Crippen molar-refractivity contribution in [2.24, 2.45) is 11.8 Å². The van der Waals surface area contributed by atoms with Crippen LogP contribution in [0.15, 0.2) is 12.2 Å². The lowest BCUT2D eigenvalue weighted by molar-refractivity contribution is 0.351. The normalized spacial score (nSPS) is 36.9. The van der Waals surface area contributed by atoms with Gasteiger partial charge < -0.3 is 0 Å². The van der Waals surface area contributed by atoms with E-state index >= 15 is 0 Å². The van der Waals surface area contributed by atoms with Crippen LogP contribution in [0.2, 0.25) is 0 Å². The van der Waals surface area contributed by atoms with Crippen LogP contribution < -0.4 is 0 Å². The van der Waals surface area contributed by atoms with Crippen LogP contribution in [0, 0.1) is 11.8 Å². The van der Waals surface area contributed by atoms with Crippen molar-refractivity contribution in [2.45, 2.75) is 33.1 Å². The Hall–Kier alpha value is -0.260. The fraction of sp³-hybridized carbons (Fsp3) is 0.778. The molecular weight excluding hydrogens is 108 g/mol. The molecule has 0 radical (unpaired) electrons. The highest BCUT2D eigenvalue weighted by Gasteiger charge is 2.19. The standard InChI is InChI=1S/C9H16/c1-7-5-4-6-8(2)9(7)3/h8-9H,1,4-6H2,2-3H3/t8-,9?/m0/s1. The van der Waals surface area contributed by atoms with Gasteiger partial charge in [0.05, 0.1) is 0 Å². The molecule has 0 aromatic rings. The average molecular weight is 124 g/mol. The molecule has 1 fully saturated rings. The van der Waals surface area contributed by atoms with Gasteiger partial charge in [-0.15, -0.1) is 0 Å². The molecule has 0 saturated heterocycles. The minimum Gasteiger partial charge on any atom is -0.0996 e. The van der Waals surface area contributed by atoms with Crippen LogP contribution in [0.3, 0.4) is 0 Å². The van der Waals surface area contributed by atoms with Crippen molar-refractivity contribution in [2.75, 3.05) is 0 Å². The zero-order valence-electron chi connectivity index (χ0n) is 6.48. The topological polar surface area (TPSA) is 0 Å². The third kappa shape index (κ3) is 1.35. The molecular formula is C9H16. The zero-order chi connectivity index (χ0) is 6.85. The van der Waals surface area contributed by atoms with Gasteiger partial charge in [0.25, 0.3) is 0 Å². The van der Waals surface area contributed by atoms with Crippen LogP contribution in [0.25, 0.3) is 0 Å². The number of hydrogen-bond donors (Lipinski definition) is 0. The molecule has 52 valence electrons. The van der Waals surface area contributed by atoms with Gasteiger partial charge >= 0.3 is 0 Å². The molecule has 0 bridgehead atoms. The molecule has 0 aromatic heterocycles. The Morgan fingerprint density at radius 1 is 1.44 bits per heavy atom. The Kier molecular flexibility index (Phi) is 1.94. The van der Waals surface area contributed by atoms with E-state index in [1.54, 1.807) is 0 Å². The number of rotatable bonds is 0. The maximum Gasteiger partial charge on any atom is -0.0209 e. The van der Waals surface area contributed by atoms with Gasteiger partial charge in [-0.3, -0.25) is 0 Å². The van der Waals surface area contributed by atoms with Gasteiger partial charge in [0.15, 0.2) is 0 Å². The van der Waals surface area contributed by atoms with Gasteiger partial charge in [-0.25, -0.2) is 0 Å². The molecule has 0 aromatic carbocycles. The molecule has 1 aliphatic carbocycles.